The molecule has 2 atom stereocenters. The number of nitrogens with zero attached hydrogens (tertiary/aromatic N) is 5. The normalized spacial score (nSPS) is 19.5. The summed E-state index contributed by atoms with van der Waals surface area (Å²) in [7, 11) is 0. The van der Waals surface area contributed by atoms with Crippen LogP contribution in [0, 0.1) is 0 Å². The molecule has 2 unspecified atom stereocenters. The summed E-state index contributed by atoms with van der Waals surface area (Å²) in [5.41, 5.74) is 0. The standard InChI is InChI=1S/C15H22N6O/c22-14(12-20-8-3-7-18-20)11-16-10-13-4-2-9-21(13)15-5-1-6-17-19-15/h1,3,5-8,13-14,16,22H,2,4,9-12H2. The summed E-state index contributed by atoms with van der Waals surface area (Å²) in [6.45, 7) is 2.93. The van der Waals surface area contributed by atoms with Crippen molar-refractivity contribution in [1.82, 2.24) is 25.3 Å². The van der Waals surface area contributed by atoms with Crippen LogP contribution in [0.1, 0.15) is 12.8 Å². The average molecular weight is 302 g/mol. The van der Waals surface area contributed by atoms with Crippen LogP contribution < -0.4 is 10.2 Å². The van der Waals surface area contributed by atoms with Crippen molar-refractivity contribution in [3.63, 3.8) is 0 Å². The van der Waals surface area contributed by atoms with E-state index >= 15 is 0 Å². The second kappa shape index (κ2) is 7.33. The van der Waals surface area contributed by atoms with Crippen molar-refractivity contribution < 1.29 is 5.11 Å². The Kier molecular flexibility index (Phi) is 4.97. The van der Waals surface area contributed by atoms with Crippen molar-refractivity contribution in [2.45, 2.75) is 31.5 Å². The average Bonchev–Trinajstić information content (AvgIpc) is 3.20. The molecule has 2 aromatic rings. The molecule has 0 amide bonds. The fraction of sp³-hybridized carbons (Fsp3) is 0.533. The van der Waals surface area contributed by atoms with Gasteiger partial charge in [-0.15, -0.1) is 5.10 Å². The predicted molar refractivity (Wildman–Crippen MR) is 83.5 cm³/mol. The minimum atomic E-state index is -0.439. The summed E-state index contributed by atoms with van der Waals surface area (Å²) in [4.78, 5) is 2.29. The minimum absolute atomic E-state index is 0.411. The Bertz CT molecular complexity index is 546. The number of hydrogen-bond acceptors (Lipinski definition) is 6. The molecule has 0 radical (unpaired) electrons. The third kappa shape index (κ3) is 3.80. The van der Waals surface area contributed by atoms with E-state index in [0.717, 1.165) is 25.3 Å². The lowest BCUT2D eigenvalue weighted by Crippen LogP contribution is -2.41. The predicted octanol–water partition coefficient (Wildman–Crippen LogP) is 0.293. The molecule has 118 valence electrons. The van der Waals surface area contributed by atoms with E-state index in [1.54, 1.807) is 17.1 Å². The molecule has 0 spiro atoms. The highest BCUT2D eigenvalue weighted by Crippen LogP contribution is 2.22. The van der Waals surface area contributed by atoms with Crippen molar-refractivity contribution >= 4 is 5.82 Å². The zero-order valence-electron chi connectivity index (χ0n) is 12.5. The maximum Gasteiger partial charge on any atom is 0.151 e. The molecule has 0 saturated carbocycles. The van der Waals surface area contributed by atoms with Crippen LogP contribution in [0.3, 0.4) is 0 Å². The van der Waals surface area contributed by atoms with Gasteiger partial charge in [-0.3, -0.25) is 4.68 Å². The molecule has 3 heterocycles. The van der Waals surface area contributed by atoms with E-state index in [0.29, 0.717) is 19.1 Å². The second-order valence-electron chi connectivity index (χ2n) is 5.61. The number of hydrogen-bond donors (Lipinski definition) is 2. The molecule has 1 aliphatic rings. The number of aliphatic hydroxyl groups excluding tert-OH is 1. The molecule has 0 aromatic carbocycles. The van der Waals surface area contributed by atoms with Crippen LogP contribution in [0.2, 0.25) is 0 Å². The smallest absolute Gasteiger partial charge is 0.151 e. The Hall–Kier alpha value is -1.99. The molecule has 2 aromatic heterocycles. The van der Waals surface area contributed by atoms with E-state index in [1.165, 1.54) is 6.42 Å². The van der Waals surface area contributed by atoms with Gasteiger partial charge < -0.3 is 15.3 Å². The van der Waals surface area contributed by atoms with Crippen LogP contribution in [-0.4, -0.2) is 56.9 Å². The molecule has 0 bridgehead atoms. The highest BCUT2D eigenvalue weighted by atomic mass is 16.3. The summed E-state index contributed by atoms with van der Waals surface area (Å²) < 4.78 is 1.74. The zero-order valence-corrected chi connectivity index (χ0v) is 12.5. The van der Waals surface area contributed by atoms with Crippen molar-refractivity contribution in [2.24, 2.45) is 0 Å². The first-order chi connectivity index (χ1) is 10.8. The van der Waals surface area contributed by atoms with Gasteiger partial charge in [-0.25, -0.2) is 0 Å². The molecule has 1 aliphatic heterocycles. The molecule has 1 fully saturated rings. The monoisotopic (exact) mass is 302 g/mol. The van der Waals surface area contributed by atoms with Crippen LogP contribution in [-0.2, 0) is 6.54 Å². The fourth-order valence-electron chi connectivity index (χ4n) is 2.90. The molecule has 1 saturated heterocycles. The van der Waals surface area contributed by atoms with Gasteiger partial charge in [0.1, 0.15) is 0 Å². The van der Waals surface area contributed by atoms with Gasteiger partial charge in [-0.05, 0) is 31.0 Å². The van der Waals surface area contributed by atoms with Crippen molar-refractivity contribution in [3.8, 4) is 0 Å². The van der Waals surface area contributed by atoms with Gasteiger partial charge >= 0.3 is 0 Å². The lowest BCUT2D eigenvalue weighted by molar-refractivity contribution is 0.146. The van der Waals surface area contributed by atoms with Crippen molar-refractivity contribution in [1.29, 1.82) is 0 Å². The van der Waals surface area contributed by atoms with Gasteiger partial charge in [0.25, 0.3) is 0 Å². The summed E-state index contributed by atoms with van der Waals surface area (Å²) in [6.07, 6.45) is 7.13. The Labute approximate surface area is 130 Å². The summed E-state index contributed by atoms with van der Waals surface area (Å²) in [5, 5.41) is 25.6. The first kappa shape index (κ1) is 14.9. The lowest BCUT2D eigenvalue weighted by atomic mass is 10.2. The SMILES string of the molecule is OC(CNCC1CCCN1c1cccnn1)Cn1cccn1. The third-order valence-corrected chi connectivity index (χ3v) is 3.95. The van der Waals surface area contributed by atoms with E-state index in [4.69, 9.17) is 0 Å². The van der Waals surface area contributed by atoms with E-state index in [1.807, 2.05) is 24.4 Å². The molecule has 7 nitrogen and oxygen atoms in total. The number of aromatic nitrogens is 4. The highest BCUT2D eigenvalue weighted by molar-refractivity contribution is 5.39. The van der Waals surface area contributed by atoms with Crippen LogP contribution >= 0.6 is 0 Å². The Morgan fingerprint density at radius 1 is 1.36 bits per heavy atom. The number of anilines is 1. The Morgan fingerprint density at radius 3 is 3.09 bits per heavy atom. The minimum Gasteiger partial charge on any atom is -0.390 e. The third-order valence-electron chi connectivity index (χ3n) is 3.95. The number of rotatable bonds is 7. The molecule has 22 heavy (non-hydrogen) atoms. The van der Waals surface area contributed by atoms with Gasteiger partial charge in [-0.2, -0.15) is 10.2 Å². The van der Waals surface area contributed by atoms with Crippen molar-refractivity contribution in [2.75, 3.05) is 24.5 Å². The first-order valence-corrected chi connectivity index (χ1v) is 7.73. The van der Waals surface area contributed by atoms with E-state index in [-0.39, 0.29) is 0 Å². The molecular weight excluding hydrogens is 280 g/mol. The van der Waals surface area contributed by atoms with E-state index < -0.39 is 6.10 Å². The van der Waals surface area contributed by atoms with E-state index in [9.17, 15) is 5.11 Å². The number of nitrogens with one attached hydrogen (secondary N) is 1. The summed E-state index contributed by atoms with van der Waals surface area (Å²) >= 11 is 0. The lowest BCUT2D eigenvalue weighted by Gasteiger charge is -2.25. The zero-order chi connectivity index (χ0) is 15.2. The largest absolute Gasteiger partial charge is 0.390 e. The summed E-state index contributed by atoms with van der Waals surface area (Å²) in [6, 6.07) is 6.18. The highest BCUT2D eigenvalue weighted by Gasteiger charge is 2.25. The van der Waals surface area contributed by atoms with Gasteiger partial charge in [0.2, 0.25) is 0 Å². The summed E-state index contributed by atoms with van der Waals surface area (Å²) in [5.74, 6) is 0.934. The Balaban J connectivity index is 1.44. The van der Waals surface area contributed by atoms with Crippen LogP contribution in [0.25, 0.3) is 0 Å². The van der Waals surface area contributed by atoms with Gasteiger partial charge in [-0.1, -0.05) is 0 Å². The second-order valence-corrected chi connectivity index (χ2v) is 5.61. The first-order valence-electron chi connectivity index (χ1n) is 7.73. The molecular formula is C15H22N6O. The topological polar surface area (TPSA) is 79.1 Å². The van der Waals surface area contributed by atoms with Crippen LogP contribution in [0.5, 0.6) is 0 Å². The van der Waals surface area contributed by atoms with Gasteiger partial charge in [0, 0.05) is 44.3 Å². The van der Waals surface area contributed by atoms with E-state index in [2.05, 4.69) is 25.5 Å². The number of aliphatic hydroxyl groups is 1. The quantitative estimate of drug-likeness (QED) is 0.765. The van der Waals surface area contributed by atoms with Crippen molar-refractivity contribution in [3.05, 3.63) is 36.8 Å². The Morgan fingerprint density at radius 2 is 2.32 bits per heavy atom. The maximum absolute atomic E-state index is 10.0. The van der Waals surface area contributed by atoms with Crippen LogP contribution in [0.15, 0.2) is 36.8 Å². The molecule has 3 rings (SSSR count). The molecule has 7 heteroatoms. The maximum atomic E-state index is 10.0. The van der Waals surface area contributed by atoms with Gasteiger partial charge in [0.05, 0.1) is 12.6 Å². The van der Waals surface area contributed by atoms with Gasteiger partial charge in [0.15, 0.2) is 5.82 Å². The fourth-order valence-corrected chi connectivity index (χ4v) is 2.90. The van der Waals surface area contributed by atoms with Crippen LogP contribution in [0.4, 0.5) is 5.82 Å². The molecule has 0 aliphatic carbocycles. The molecule has 2 N–H and O–H groups in total.